The summed E-state index contributed by atoms with van der Waals surface area (Å²) in [4.78, 5) is 22.6. The summed E-state index contributed by atoms with van der Waals surface area (Å²) in [6, 6.07) is 18.1. The fourth-order valence-electron chi connectivity index (χ4n) is 1.99. The second-order valence-corrected chi connectivity index (χ2v) is 5.30. The van der Waals surface area contributed by atoms with Crippen LogP contribution >= 0.6 is 0 Å². The average Bonchev–Trinajstić information content (AvgIpc) is 2.60. The number of ether oxygens (including phenoxy) is 2. The minimum atomic E-state index is -0.602. The van der Waals surface area contributed by atoms with Gasteiger partial charge in [0.15, 0.2) is 0 Å². The molecule has 0 aliphatic rings. The molecule has 0 spiro atoms. The number of rotatable bonds is 7. The van der Waals surface area contributed by atoms with Crippen LogP contribution in [0.15, 0.2) is 60.4 Å². The number of ketones is 1. The van der Waals surface area contributed by atoms with Crippen LogP contribution in [0, 0.1) is 11.3 Å². The molecule has 0 heterocycles. The molecule has 0 amide bonds. The maximum Gasteiger partial charge on any atom is 0.313 e. The van der Waals surface area contributed by atoms with Gasteiger partial charge in [-0.3, -0.25) is 9.59 Å². The zero-order valence-corrected chi connectivity index (χ0v) is 13.8. The molecule has 2 aromatic rings. The van der Waals surface area contributed by atoms with Crippen LogP contribution in [0.4, 0.5) is 0 Å². The van der Waals surface area contributed by atoms with Crippen molar-refractivity contribution in [3.63, 3.8) is 0 Å². The molecule has 5 nitrogen and oxygen atoms in total. The molecule has 0 bridgehead atoms. The van der Waals surface area contributed by atoms with E-state index in [1.54, 1.807) is 42.5 Å². The standard InChI is InChI=1S/C20H17NO4/c1-15(22)11-20(23)24-14-19(25-18-5-3-2-4-6-18)12-16-7-9-17(13-21)10-8-16/h2-10,12H,11,14H2,1H3/b19-12+. The van der Waals surface area contributed by atoms with Crippen molar-refractivity contribution in [2.24, 2.45) is 0 Å². The number of hydrogen-bond acceptors (Lipinski definition) is 5. The summed E-state index contributed by atoms with van der Waals surface area (Å²) in [5.41, 5.74) is 1.35. The Kier molecular flexibility index (Phi) is 6.49. The smallest absolute Gasteiger partial charge is 0.313 e. The lowest BCUT2D eigenvalue weighted by Crippen LogP contribution is -2.13. The molecule has 2 aromatic carbocycles. The van der Waals surface area contributed by atoms with Gasteiger partial charge in [-0.25, -0.2) is 0 Å². The molecule has 0 atom stereocenters. The highest BCUT2D eigenvalue weighted by Crippen LogP contribution is 2.16. The normalized spacial score (nSPS) is 10.6. The van der Waals surface area contributed by atoms with E-state index in [0.29, 0.717) is 17.1 Å². The molecule has 0 aliphatic carbocycles. The highest BCUT2D eigenvalue weighted by atomic mass is 16.6. The molecule has 0 aromatic heterocycles. The molecular formula is C20H17NO4. The van der Waals surface area contributed by atoms with Gasteiger partial charge < -0.3 is 9.47 Å². The predicted octanol–water partition coefficient (Wildman–Crippen LogP) is 3.50. The maximum atomic E-state index is 11.6. The van der Waals surface area contributed by atoms with Crippen LogP contribution in [0.2, 0.25) is 0 Å². The van der Waals surface area contributed by atoms with Crippen LogP contribution in [0.3, 0.4) is 0 Å². The van der Waals surface area contributed by atoms with Crippen LogP contribution in [0.1, 0.15) is 24.5 Å². The number of esters is 1. The van der Waals surface area contributed by atoms with E-state index in [4.69, 9.17) is 14.7 Å². The Labute approximate surface area is 146 Å². The van der Waals surface area contributed by atoms with Gasteiger partial charge >= 0.3 is 5.97 Å². The second kappa shape index (κ2) is 9.04. The number of nitriles is 1. The lowest BCUT2D eigenvalue weighted by atomic mass is 10.1. The molecule has 5 heteroatoms. The van der Waals surface area contributed by atoms with Crippen molar-refractivity contribution in [3.8, 4) is 11.8 Å². The monoisotopic (exact) mass is 335 g/mol. The summed E-state index contributed by atoms with van der Waals surface area (Å²) in [6.45, 7) is 1.23. The van der Waals surface area contributed by atoms with Crippen LogP contribution in [0.5, 0.6) is 5.75 Å². The summed E-state index contributed by atoms with van der Waals surface area (Å²) in [6.07, 6.45) is 1.45. The van der Waals surface area contributed by atoms with E-state index < -0.39 is 5.97 Å². The Morgan fingerprint density at radius 3 is 2.36 bits per heavy atom. The Morgan fingerprint density at radius 1 is 1.08 bits per heavy atom. The Bertz CT molecular complexity index is 802. The van der Waals surface area contributed by atoms with E-state index in [9.17, 15) is 9.59 Å². The fraction of sp³-hybridized carbons (Fsp3) is 0.150. The van der Waals surface area contributed by atoms with E-state index in [-0.39, 0.29) is 18.8 Å². The molecule has 0 saturated carbocycles. The van der Waals surface area contributed by atoms with Crippen molar-refractivity contribution in [2.45, 2.75) is 13.3 Å². The van der Waals surface area contributed by atoms with E-state index in [0.717, 1.165) is 5.56 Å². The SMILES string of the molecule is CC(=O)CC(=O)OC/C(=C\c1ccc(C#N)cc1)Oc1ccccc1. The third kappa shape index (κ3) is 6.32. The molecule has 0 aliphatic heterocycles. The first-order valence-electron chi connectivity index (χ1n) is 7.65. The van der Waals surface area contributed by atoms with Crippen molar-refractivity contribution >= 4 is 17.8 Å². The zero-order valence-electron chi connectivity index (χ0n) is 13.8. The lowest BCUT2D eigenvalue weighted by Gasteiger charge is -2.11. The number of Topliss-reactive ketones (excluding diaryl/α,β-unsaturated/α-hetero) is 1. The third-order valence-corrected chi connectivity index (χ3v) is 3.13. The maximum absolute atomic E-state index is 11.6. The largest absolute Gasteiger partial charge is 0.458 e. The zero-order chi connectivity index (χ0) is 18.1. The quantitative estimate of drug-likeness (QED) is 0.440. The van der Waals surface area contributed by atoms with Crippen LogP contribution in [-0.2, 0) is 14.3 Å². The van der Waals surface area contributed by atoms with Gasteiger partial charge in [0.1, 0.15) is 30.3 Å². The lowest BCUT2D eigenvalue weighted by molar-refractivity contribution is -0.145. The molecule has 2 rings (SSSR count). The number of para-hydroxylation sites is 1. The molecule has 0 saturated heterocycles. The summed E-state index contributed by atoms with van der Waals surface area (Å²) < 4.78 is 10.9. The number of benzene rings is 2. The summed E-state index contributed by atoms with van der Waals surface area (Å²) in [7, 11) is 0. The van der Waals surface area contributed by atoms with Gasteiger partial charge in [-0.1, -0.05) is 30.3 Å². The Balaban J connectivity index is 2.15. The first kappa shape index (κ1) is 18.0. The highest BCUT2D eigenvalue weighted by molar-refractivity contribution is 5.94. The molecule has 126 valence electrons. The van der Waals surface area contributed by atoms with Crippen molar-refractivity contribution < 1.29 is 19.1 Å². The topological polar surface area (TPSA) is 76.4 Å². The summed E-state index contributed by atoms with van der Waals surface area (Å²) >= 11 is 0. The van der Waals surface area contributed by atoms with Gasteiger partial charge in [-0.05, 0) is 42.8 Å². The molecule has 0 unspecified atom stereocenters. The minimum Gasteiger partial charge on any atom is -0.458 e. The molecule has 25 heavy (non-hydrogen) atoms. The van der Waals surface area contributed by atoms with E-state index in [1.165, 1.54) is 6.92 Å². The minimum absolute atomic E-state index is 0.0962. The summed E-state index contributed by atoms with van der Waals surface area (Å²) in [5.74, 6) is 0.152. The van der Waals surface area contributed by atoms with Crippen molar-refractivity contribution in [1.82, 2.24) is 0 Å². The van der Waals surface area contributed by atoms with Gasteiger partial charge in [0.05, 0.1) is 11.6 Å². The van der Waals surface area contributed by atoms with Gasteiger partial charge in [0.25, 0.3) is 0 Å². The number of nitrogens with zero attached hydrogens (tertiary/aromatic N) is 1. The van der Waals surface area contributed by atoms with Crippen molar-refractivity contribution in [3.05, 3.63) is 71.5 Å². The highest BCUT2D eigenvalue weighted by Gasteiger charge is 2.09. The van der Waals surface area contributed by atoms with Crippen LogP contribution in [-0.4, -0.2) is 18.4 Å². The number of carbonyl (C=O) groups excluding carboxylic acids is 2. The van der Waals surface area contributed by atoms with Gasteiger partial charge in [-0.15, -0.1) is 0 Å². The molecule has 0 radical (unpaired) electrons. The summed E-state index contributed by atoms with van der Waals surface area (Å²) in [5, 5.41) is 8.85. The van der Waals surface area contributed by atoms with E-state index in [2.05, 4.69) is 6.07 Å². The third-order valence-electron chi connectivity index (χ3n) is 3.13. The Hall–Kier alpha value is -3.39. The van der Waals surface area contributed by atoms with Gasteiger partial charge in [-0.2, -0.15) is 5.26 Å². The number of hydrogen-bond donors (Lipinski definition) is 0. The molecule has 0 fully saturated rings. The van der Waals surface area contributed by atoms with Crippen LogP contribution < -0.4 is 4.74 Å². The van der Waals surface area contributed by atoms with Gasteiger partial charge in [0.2, 0.25) is 0 Å². The first-order valence-corrected chi connectivity index (χ1v) is 7.65. The predicted molar refractivity (Wildman–Crippen MR) is 92.5 cm³/mol. The van der Waals surface area contributed by atoms with E-state index in [1.807, 2.05) is 18.2 Å². The molecule has 0 N–H and O–H groups in total. The number of carbonyl (C=O) groups is 2. The van der Waals surface area contributed by atoms with E-state index >= 15 is 0 Å². The Morgan fingerprint density at radius 2 is 1.76 bits per heavy atom. The second-order valence-electron chi connectivity index (χ2n) is 5.30. The van der Waals surface area contributed by atoms with Crippen LogP contribution in [0.25, 0.3) is 6.08 Å². The van der Waals surface area contributed by atoms with Crippen molar-refractivity contribution in [2.75, 3.05) is 6.61 Å². The van der Waals surface area contributed by atoms with Gasteiger partial charge in [0, 0.05) is 0 Å². The first-order chi connectivity index (χ1) is 12.1. The molecular weight excluding hydrogens is 318 g/mol. The fourth-order valence-corrected chi connectivity index (χ4v) is 1.99. The average molecular weight is 335 g/mol. The van der Waals surface area contributed by atoms with Crippen molar-refractivity contribution in [1.29, 1.82) is 5.26 Å².